The largest absolute Gasteiger partial charge is 0.279 e. The SMILES string of the molecule is c1ccc(-c2cc(-c3ccccc3)nc(-c3ccc4c(c3)c3ccccc3n4-c3nc4ccccc4c4nc5ccccc5n34)c2)cc1. The molecule has 4 heterocycles. The predicted molar refractivity (Wildman–Crippen MR) is 196 cm³/mol. The molecule has 48 heavy (non-hydrogen) atoms. The zero-order valence-electron chi connectivity index (χ0n) is 25.8. The number of pyridine rings is 1. The number of rotatable bonds is 4. The lowest BCUT2D eigenvalue weighted by Crippen LogP contribution is -2.06. The van der Waals surface area contributed by atoms with E-state index in [9.17, 15) is 0 Å². The Bertz CT molecular complexity index is 2770. The van der Waals surface area contributed by atoms with Crippen molar-refractivity contribution in [1.29, 1.82) is 0 Å². The first-order valence-corrected chi connectivity index (χ1v) is 16.1. The van der Waals surface area contributed by atoms with Gasteiger partial charge in [-0.3, -0.25) is 8.97 Å². The molecule has 5 nitrogen and oxygen atoms in total. The van der Waals surface area contributed by atoms with Crippen LogP contribution < -0.4 is 0 Å². The minimum atomic E-state index is 0.812. The van der Waals surface area contributed by atoms with Gasteiger partial charge in [-0.15, -0.1) is 0 Å². The minimum Gasteiger partial charge on any atom is -0.279 e. The van der Waals surface area contributed by atoms with Gasteiger partial charge in [-0.1, -0.05) is 109 Å². The molecule has 10 aromatic rings. The van der Waals surface area contributed by atoms with Crippen LogP contribution in [0.25, 0.3) is 89.0 Å². The van der Waals surface area contributed by atoms with E-state index in [1.807, 2.05) is 18.2 Å². The van der Waals surface area contributed by atoms with Crippen LogP contribution in [0.5, 0.6) is 0 Å². The molecule has 4 aromatic heterocycles. The van der Waals surface area contributed by atoms with Gasteiger partial charge >= 0.3 is 0 Å². The number of aromatic nitrogens is 5. The number of imidazole rings is 1. The molecule has 224 valence electrons. The second-order valence-corrected chi connectivity index (χ2v) is 12.1. The second kappa shape index (κ2) is 10.5. The highest BCUT2D eigenvalue weighted by Gasteiger charge is 2.20. The van der Waals surface area contributed by atoms with Crippen molar-refractivity contribution in [1.82, 2.24) is 23.9 Å². The first-order chi connectivity index (χ1) is 23.8. The normalized spacial score (nSPS) is 11.8. The lowest BCUT2D eigenvalue weighted by Gasteiger charge is -2.13. The number of nitrogens with zero attached hydrogens (tertiary/aromatic N) is 5. The smallest absolute Gasteiger partial charge is 0.221 e. The van der Waals surface area contributed by atoms with Crippen LogP contribution in [0.4, 0.5) is 0 Å². The molecule has 0 saturated heterocycles. The summed E-state index contributed by atoms with van der Waals surface area (Å²) in [6.07, 6.45) is 0. The third-order valence-corrected chi connectivity index (χ3v) is 9.30. The first-order valence-electron chi connectivity index (χ1n) is 16.1. The van der Waals surface area contributed by atoms with E-state index < -0.39 is 0 Å². The number of benzene rings is 6. The number of fused-ring (bicyclic) bond motifs is 8. The van der Waals surface area contributed by atoms with Gasteiger partial charge in [0.05, 0.1) is 39.0 Å². The maximum absolute atomic E-state index is 5.31. The number of hydrogen-bond donors (Lipinski definition) is 0. The van der Waals surface area contributed by atoms with Crippen molar-refractivity contribution in [2.24, 2.45) is 0 Å². The quantitative estimate of drug-likeness (QED) is 0.198. The zero-order chi connectivity index (χ0) is 31.6. The number of hydrogen-bond acceptors (Lipinski definition) is 3. The molecule has 6 aromatic carbocycles. The van der Waals surface area contributed by atoms with Crippen molar-refractivity contribution in [2.45, 2.75) is 0 Å². The van der Waals surface area contributed by atoms with Crippen LogP contribution in [-0.4, -0.2) is 23.9 Å². The predicted octanol–water partition coefficient (Wildman–Crippen LogP) is 10.5. The second-order valence-electron chi connectivity index (χ2n) is 12.1. The fourth-order valence-corrected chi connectivity index (χ4v) is 7.06. The highest BCUT2D eigenvalue weighted by Crippen LogP contribution is 2.37. The van der Waals surface area contributed by atoms with Crippen LogP contribution in [0.1, 0.15) is 0 Å². The standard InChI is InChI=1S/C43H27N5/c1-3-13-28(14-4-1)31-26-37(29-15-5-2-6-16-29)44-38(27-31)30-23-24-40-34(25-30)32-17-8-11-21-39(32)47(40)43-46-35-19-9-7-18-33(35)42-45-36-20-10-12-22-41(36)48(42)43/h1-27H. The molecule has 0 spiro atoms. The van der Waals surface area contributed by atoms with Crippen LogP contribution in [0.2, 0.25) is 0 Å². The Hall–Kier alpha value is -6.59. The van der Waals surface area contributed by atoms with E-state index in [-0.39, 0.29) is 0 Å². The van der Waals surface area contributed by atoms with E-state index in [1.54, 1.807) is 0 Å². The Balaban J connectivity index is 1.25. The van der Waals surface area contributed by atoms with Crippen molar-refractivity contribution in [3.63, 3.8) is 0 Å². The lowest BCUT2D eigenvalue weighted by molar-refractivity contribution is 0.979. The maximum Gasteiger partial charge on any atom is 0.221 e. The van der Waals surface area contributed by atoms with Gasteiger partial charge in [0.25, 0.3) is 0 Å². The molecular weight excluding hydrogens is 587 g/mol. The van der Waals surface area contributed by atoms with E-state index in [0.29, 0.717) is 0 Å². The van der Waals surface area contributed by atoms with E-state index in [0.717, 1.165) is 89.0 Å². The summed E-state index contributed by atoms with van der Waals surface area (Å²) in [4.78, 5) is 15.6. The summed E-state index contributed by atoms with van der Waals surface area (Å²) < 4.78 is 4.49. The van der Waals surface area contributed by atoms with Crippen LogP contribution in [-0.2, 0) is 0 Å². The van der Waals surface area contributed by atoms with Gasteiger partial charge in [-0.05, 0) is 65.7 Å². The summed E-state index contributed by atoms with van der Waals surface area (Å²) in [6.45, 7) is 0. The Morgan fingerprint density at radius 3 is 1.75 bits per heavy atom. The van der Waals surface area contributed by atoms with Gasteiger partial charge in [-0.25, -0.2) is 15.0 Å². The third-order valence-electron chi connectivity index (χ3n) is 9.30. The molecular formula is C43H27N5. The summed E-state index contributed by atoms with van der Waals surface area (Å²) in [5, 5.41) is 3.33. The van der Waals surface area contributed by atoms with Crippen molar-refractivity contribution >= 4 is 49.4 Å². The summed E-state index contributed by atoms with van der Waals surface area (Å²) in [6, 6.07) is 57.1. The van der Waals surface area contributed by atoms with Crippen LogP contribution in [0.15, 0.2) is 164 Å². The topological polar surface area (TPSA) is 48.0 Å². The van der Waals surface area contributed by atoms with Gasteiger partial charge in [0, 0.05) is 27.3 Å². The number of para-hydroxylation sites is 4. The van der Waals surface area contributed by atoms with Crippen molar-refractivity contribution in [2.75, 3.05) is 0 Å². The third kappa shape index (κ3) is 4.08. The monoisotopic (exact) mass is 613 g/mol. The molecule has 0 bridgehead atoms. The molecule has 0 radical (unpaired) electrons. The fourth-order valence-electron chi connectivity index (χ4n) is 7.06. The van der Waals surface area contributed by atoms with Gasteiger partial charge in [0.2, 0.25) is 5.95 Å². The van der Waals surface area contributed by atoms with E-state index >= 15 is 0 Å². The van der Waals surface area contributed by atoms with E-state index in [1.165, 1.54) is 0 Å². The average Bonchev–Trinajstić information content (AvgIpc) is 3.71. The molecule has 0 unspecified atom stereocenters. The molecule has 0 fully saturated rings. The summed E-state index contributed by atoms with van der Waals surface area (Å²) in [5.74, 6) is 0.812. The van der Waals surface area contributed by atoms with Gasteiger partial charge in [0.15, 0.2) is 0 Å². The van der Waals surface area contributed by atoms with Crippen molar-refractivity contribution < 1.29 is 0 Å². The highest BCUT2D eigenvalue weighted by atomic mass is 15.2. The molecule has 0 aliphatic heterocycles. The van der Waals surface area contributed by atoms with Crippen LogP contribution in [0.3, 0.4) is 0 Å². The highest BCUT2D eigenvalue weighted by molar-refractivity contribution is 6.10. The molecule has 0 amide bonds. The minimum absolute atomic E-state index is 0.812. The van der Waals surface area contributed by atoms with E-state index in [4.69, 9.17) is 15.0 Å². The molecule has 0 N–H and O–H groups in total. The molecule has 0 aliphatic rings. The Morgan fingerprint density at radius 2 is 0.958 bits per heavy atom. The Labute approximate surface area is 276 Å². The lowest BCUT2D eigenvalue weighted by atomic mass is 9.99. The fraction of sp³-hybridized carbons (Fsp3) is 0. The summed E-state index contributed by atoms with van der Waals surface area (Å²) in [7, 11) is 0. The van der Waals surface area contributed by atoms with Crippen LogP contribution >= 0.6 is 0 Å². The van der Waals surface area contributed by atoms with Crippen molar-refractivity contribution in [3.8, 4) is 39.6 Å². The van der Waals surface area contributed by atoms with Crippen LogP contribution in [0, 0.1) is 0 Å². The molecule has 5 heteroatoms. The first kappa shape index (κ1) is 26.6. The Kier molecular flexibility index (Phi) is 5.81. The van der Waals surface area contributed by atoms with E-state index in [2.05, 4.69) is 155 Å². The zero-order valence-corrected chi connectivity index (χ0v) is 25.8. The summed E-state index contributed by atoms with van der Waals surface area (Å²) in [5.41, 5.74) is 12.3. The molecule has 0 aliphatic carbocycles. The van der Waals surface area contributed by atoms with Gasteiger partial charge in [0.1, 0.15) is 5.65 Å². The molecule has 0 atom stereocenters. The van der Waals surface area contributed by atoms with Crippen molar-refractivity contribution in [3.05, 3.63) is 164 Å². The van der Waals surface area contributed by atoms with Gasteiger partial charge < -0.3 is 0 Å². The average molecular weight is 614 g/mol. The maximum atomic E-state index is 5.31. The molecule has 10 rings (SSSR count). The van der Waals surface area contributed by atoms with Gasteiger partial charge in [-0.2, -0.15) is 0 Å². The Morgan fingerprint density at radius 1 is 0.354 bits per heavy atom. The summed E-state index contributed by atoms with van der Waals surface area (Å²) >= 11 is 0. The molecule has 0 saturated carbocycles.